The van der Waals surface area contributed by atoms with Crippen LogP contribution in [0.4, 0.5) is 0 Å². The summed E-state index contributed by atoms with van der Waals surface area (Å²) >= 11 is 0. The van der Waals surface area contributed by atoms with Gasteiger partial charge < -0.3 is 14.2 Å². The predicted molar refractivity (Wildman–Crippen MR) is 121 cm³/mol. The van der Waals surface area contributed by atoms with Gasteiger partial charge in [0.05, 0.1) is 25.1 Å². The van der Waals surface area contributed by atoms with Gasteiger partial charge in [0, 0.05) is 5.41 Å². The van der Waals surface area contributed by atoms with Gasteiger partial charge in [0.25, 0.3) is 0 Å². The summed E-state index contributed by atoms with van der Waals surface area (Å²) < 4.78 is 16.7. The molecule has 0 amide bonds. The van der Waals surface area contributed by atoms with Crippen LogP contribution in [0.3, 0.4) is 0 Å². The number of rotatable bonds is 8. The van der Waals surface area contributed by atoms with Gasteiger partial charge >= 0.3 is 5.97 Å². The Kier molecular flexibility index (Phi) is 6.40. The minimum Gasteiger partial charge on any atom is -0.490 e. The molecular formula is C26H28N2O4. The fourth-order valence-electron chi connectivity index (χ4n) is 3.54. The van der Waals surface area contributed by atoms with Crippen LogP contribution >= 0.6 is 0 Å². The van der Waals surface area contributed by atoms with Crippen LogP contribution in [0.5, 0.6) is 17.2 Å². The van der Waals surface area contributed by atoms with Crippen molar-refractivity contribution in [1.82, 2.24) is 9.97 Å². The van der Waals surface area contributed by atoms with Crippen LogP contribution < -0.4 is 9.47 Å². The fraction of sp³-hybridized carbons (Fsp3) is 0.346. The second-order valence-electron chi connectivity index (χ2n) is 8.41. The number of nitrogens with zero attached hydrogens (tertiary/aromatic N) is 2. The molecule has 0 saturated heterocycles. The molecule has 6 nitrogen and oxygen atoms in total. The SMILES string of the molecule is CCOC(=O)c1ncc(Oc2ccc(C(C)(C)c3ccc(OC4CCC4)cc3)cc2)cn1. The second kappa shape index (κ2) is 9.39. The Morgan fingerprint density at radius 1 is 0.906 bits per heavy atom. The summed E-state index contributed by atoms with van der Waals surface area (Å²) in [4.78, 5) is 19.7. The maximum absolute atomic E-state index is 11.6. The summed E-state index contributed by atoms with van der Waals surface area (Å²) in [5.74, 6) is 1.52. The Hall–Kier alpha value is -3.41. The lowest BCUT2D eigenvalue weighted by molar-refractivity contribution is 0.0512. The van der Waals surface area contributed by atoms with Crippen molar-refractivity contribution in [1.29, 1.82) is 0 Å². The van der Waals surface area contributed by atoms with E-state index in [1.807, 2.05) is 12.1 Å². The average Bonchev–Trinajstić information content (AvgIpc) is 2.78. The minimum absolute atomic E-state index is 0.0143. The number of aromatic nitrogens is 2. The van der Waals surface area contributed by atoms with Gasteiger partial charge in [-0.05, 0) is 61.6 Å². The Bertz CT molecular complexity index is 1040. The smallest absolute Gasteiger partial charge is 0.376 e. The molecule has 0 atom stereocenters. The van der Waals surface area contributed by atoms with Gasteiger partial charge in [0.2, 0.25) is 5.82 Å². The summed E-state index contributed by atoms with van der Waals surface area (Å²) in [7, 11) is 0. The zero-order valence-electron chi connectivity index (χ0n) is 18.7. The van der Waals surface area contributed by atoms with Gasteiger partial charge in [0.15, 0.2) is 5.75 Å². The van der Waals surface area contributed by atoms with Crippen molar-refractivity contribution >= 4 is 5.97 Å². The predicted octanol–water partition coefficient (Wildman–Crippen LogP) is 5.70. The van der Waals surface area contributed by atoms with Crippen molar-refractivity contribution in [2.24, 2.45) is 0 Å². The number of ether oxygens (including phenoxy) is 3. The van der Waals surface area contributed by atoms with E-state index in [1.165, 1.54) is 29.9 Å². The van der Waals surface area contributed by atoms with E-state index in [0.717, 1.165) is 18.6 Å². The zero-order chi connectivity index (χ0) is 22.6. The lowest BCUT2D eigenvalue weighted by Gasteiger charge is -2.28. The first-order valence-electron chi connectivity index (χ1n) is 11.0. The summed E-state index contributed by atoms with van der Waals surface area (Å²) in [6.45, 7) is 6.42. The second-order valence-corrected chi connectivity index (χ2v) is 8.41. The van der Waals surface area contributed by atoms with Crippen molar-refractivity contribution in [3.05, 3.63) is 77.9 Å². The molecular weight excluding hydrogens is 404 g/mol. The Labute approximate surface area is 188 Å². The molecule has 3 aromatic rings. The molecule has 0 radical (unpaired) electrons. The molecule has 0 bridgehead atoms. The lowest BCUT2D eigenvalue weighted by atomic mass is 9.78. The van der Waals surface area contributed by atoms with Crippen LogP contribution in [-0.4, -0.2) is 28.6 Å². The van der Waals surface area contributed by atoms with Crippen LogP contribution in [0.1, 0.15) is 61.8 Å². The van der Waals surface area contributed by atoms with Crippen molar-refractivity contribution in [3.63, 3.8) is 0 Å². The van der Waals surface area contributed by atoms with Crippen LogP contribution in [0.25, 0.3) is 0 Å². The Morgan fingerprint density at radius 3 is 1.97 bits per heavy atom. The summed E-state index contributed by atoms with van der Waals surface area (Å²) in [5.41, 5.74) is 2.22. The molecule has 32 heavy (non-hydrogen) atoms. The van der Waals surface area contributed by atoms with E-state index in [9.17, 15) is 4.79 Å². The molecule has 1 saturated carbocycles. The molecule has 166 valence electrons. The highest BCUT2D eigenvalue weighted by Crippen LogP contribution is 2.34. The fourth-order valence-corrected chi connectivity index (χ4v) is 3.54. The van der Waals surface area contributed by atoms with Crippen molar-refractivity contribution in [2.45, 2.75) is 51.6 Å². The monoisotopic (exact) mass is 432 g/mol. The van der Waals surface area contributed by atoms with Crippen LogP contribution in [0, 0.1) is 0 Å². The van der Waals surface area contributed by atoms with E-state index >= 15 is 0 Å². The third kappa shape index (κ3) is 4.90. The molecule has 0 unspecified atom stereocenters. The molecule has 1 heterocycles. The highest BCUT2D eigenvalue weighted by atomic mass is 16.5. The highest BCUT2D eigenvalue weighted by molar-refractivity contribution is 5.84. The number of carbonyl (C=O) groups excluding carboxylic acids is 1. The van der Waals surface area contributed by atoms with E-state index < -0.39 is 5.97 Å². The van der Waals surface area contributed by atoms with Crippen molar-refractivity contribution in [2.75, 3.05) is 6.61 Å². The molecule has 6 heteroatoms. The number of hydrogen-bond donors (Lipinski definition) is 0. The Morgan fingerprint density at radius 2 is 1.47 bits per heavy atom. The first-order valence-corrected chi connectivity index (χ1v) is 11.0. The highest BCUT2D eigenvalue weighted by Gasteiger charge is 2.24. The number of carbonyl (C=O) groups is 1. The van der Waals surface area contributed by atoms with E-state index in [2.05, 4.69) is 60.2 Å². The molecule has 1 aliphatic rings. The molecule has 0 spiro atoms. The third-order valence-corrected chi connectivity index (χ3v) is 5.83. The molecule has 1 aromatic heterocycles. The standard InChI is InChI=1S/C26H28N2O4/c1-4-30-25(29)24-27-16-23(17-28-24)32-22-14-10-19(11-15-22)26(2,3)18-8-12-21(13-9-18)31-20-6-5-7-20/h8-17,20H,4-7H2,1-3H3. The summed E-state index contributed by atoms with van der Waals surface area (Å²) in [6, 6.07) is 16.4. The van der Waals surface area contributed by atoms with Gasteiger partial charge in [0.1, 0.15) is 11.5 Å². The number of esters is 1. The zero-order valence-corrected chi connectivity index (χ0v) is 18.7. The number of hydrogen-bond acceptors (Lipinski definition) is 6. The Balaban J connectivity index is 1.41. The van der Waals surface area contributed by atoms with Crippen LogP contribution in [-0.2, 0) is 10.2 Å². The molecule has 1 fully saturated rings. The van der Waals surface area contributed by atoms with Crippen LogP contribution in [0.15, 0.2) is 60.9 Å². The van der Waals surface area contributed by atoms with E-state index in [0.29, 0.717) is 17.6 Å². The lowest BCUT2D eigenvalue weighted by Crippen LogP contribution is -2.24. The average molecular weight is 433 g/mol. The topological polar surface area (TPSA) is 70.5 Å². The largest absolute Gasteiger partial charge is 0.490 e. The van der Waals surface area contributed by atoms with E-state index in [4.69, 9.17) is 14.2 Å². The number of benzene rings is 2. The molecule has 0 aliphatic heterocycles. The molecule has 0 N–H and O–H groups in total. The quantitative estimate of drug-likeness (QED) is 0.425. The van der Waals surface area contributed by atoms with Gasteiger partial charge in [-0.2, -0.15) is 0 Å². The van der Waals surface area contributed by atoms with E-state index in [1.54, 1.807) is 6.92 Å². The van der Waals surface area contributed by atoms with E-state index in [-0.39, 0.29) is 17.8 Å². The van der Waals surface area contributed by atoms with Crippen molar-refractivity contribution in [3.8, 4) is 17.2 Å². The van der Waals surface area contributed by atoms with Crippen LogP contribution in [0.2, 0.25) is 0 Å². The first kappa shape index (κ1) is 21.8. The van der Waals surface area contributed by atoms with Gasteiger partial charge in [-0.1, -0.05) is 38.1 Å². The molecule has 1 aliphatic carbocycles. The molecule has 2 aromatic carbocycles. The van der Waals surface area contributed by atoms with Gasteiger partial charge in [-0.3, -0.25) is 0 Å². The summed E-state index contributed by atoms with van der Waals surface area (Å²) in [5, 5.41) is 0. The maximum Gasteiger partial charge on any atom is 0.376 e. The molecule has 4 rings (SSSR count). The first-order chi connectivity index (χ1) is 15.5. The summed E-state index contributed by atoms with van der Waals surface area (Å²) in [6.07, 6.45) is 6.89. The van der Waals surface area contributed by atoms with Gasteiger partial charge in [-0.15, -0.1) is 0 Å². The maximum atomic E-state index is 11.6. The van der Waals surface area contributed by atoms with Gasteiger partial charge in [-0.25, -0.2) is 14.8 Å². The minimum atomic E-state index is -0.548. The third-order valence-electron chi connectivity index (χ3n) is 5.83. The van der Waals surface area contributed by atoms with Crippen molar-refractivity contribution < 1.29 is 19.0 Å². The normalized spacial score (nSPS) is 13.8.